The second-order valence-electron chi connectivity index (χ2n) is 6.94. The summed E-state index contributed by atoms with van der Waals surface area (Å²) >= 11 is 9.54. The molecule has 2 aromatic heterocycles. The SMILES string of the molecule is NC(Cc1ccc(Cl)cc1)C(=O)N1CCN(c2c(Br)cnc3[nH]ccc23)CC1. The standard InChI is InChI=1S/C20H21BrClN5O/c21-16-12-25-19-15(5-6-24-19)18(16)26-7-9-27(10-8-26)20(28)17(23)11-13-1-3-14(22)4-2-13/h1-6,12,17H,7-11,23H2,(H,24,25). The predicted molar refractivity (Wildman–Crippen MR) is 116 cm³/mol. The maximum absolute atomic E-state index is 12.8. The molecular weight excluding hydrogens is 442 g/mol. The highest BCUT2D eigenvalue weighted by Crippen LogP contribution is 2.33. The van der Waals surface area contributed by atoms with Crippen molar-refractivity contribution in [1.82, 2.24) is 14.9 Å². The van der Waals surface area contributed by atoms with Gasteiger partial charge in [-0.25, -0.2) is 4.98 Å². The Morgan fingerprint density at radius 2 is 1.93 bits per heavy atom. The molecule has 0 spiro atoms. The largest absolute Gasteiger partial charge is 0.366 e. The Bertz CT molecular complexity index is 982. The number of amides is 1. The molecule has 1 fully saturated rings. The molecule has 3 aromatic rings. The summed E-state index contributed by atoms with van der Waals surface area (Å²) in [5, 5.41) is 1.76. The first-order valence-corrected chi connectivity index (χ1v) is 10.4. The quantitative estimate of drug-likeness (QED) is 0.624. The van der Waals surface area contributed by atoms with Gasteiger partial charge >= 0.3 is 0 Å². The lowest BCUT2D eigenvalue weighted by molar-refractivity contribution is -0.132. The maximum Gasteiger partial charge on any atom is 0.239 e. The molecular formula is C20H21BrClN5O. The van der Waals surface area contributed by atoms with Gasteiger partial charge in [-0.3, -0.25) is 4.79 Å². The second kappa shape index (κ2) is 8.11. The van der Waals surface area contributed by atoms with Crippen molar-refractivity contribution in [1.29, 1.82) is 0 Å². The molecule has 1 saturated heterocycles. The highest BCUT2D eigenvalue weighted by Gasteiger charge is 2.27. The summed E-state index contributed by atoms with van der Waals surface area (Å²) in [6, 6.07) is 8.95. The number of hydrogen-bond acceptors (Lipinski definition) is 4. The number of aromatic nitrogens is 2. The van der Waals surface area contributed by atoms with Gasteiger partial charge in [0.2, 0.25) is 5.91 Å². The van der Waals surface area contributed by atoms with Crippen LogP contribution < -0.4 is 10.6 Å². The minimum atomic E-state index is -0.545. The van der Waals surface area contributed by atoms with Gasteiger partial charge in [0.05, 0.1) is 16.2 Å². The molecule has 28 heavy (non-hydrogen) atoms. The Balaban J connectivity index is 1.40. The van der Waals surface area contributed by atoms with Crippen LogP contribution in [0.15, 0.2) is 47.2 Å². The van der Waals surface area contributed by atoms with Crippen LogP contribution in [0.25, 0.3) is 11.0 Å². The highest BCUT2D eigenvalue weighted by molar-refractivity contribution is 9.10. The van der Waals surface area contributed by atoms with E-state index in [1.165, 1.54) is 0 Å². The molecule has 3 N–H and O–H groups in total. The number of nitrogens with one attached hydrogen (secondary N) is 1. The van der Waals surface area contributed by atoms with E-state index in [2.05, 4.69) is 30.8 Å². The van der Waals surface area contributed by atoms with E-state index in [1.807, 2.05) is 47.6 Å². The van der Waals surface area contributed by atoms with E-state index in [4.69, 9.17) is 17.3 Å². The maximum atomic E-state index is 12.8. The molecule has 0 aliphatic carbocycles. The number of H-pyrrole nitrogens is 1. The second-order valence-corrected chi connectivity index (χ2v) is 8.23. The van der Waals surface area contributed by atoms with Crippen molar-refractivity contribution >= 4 is 50.2 Å². The number of aromatic amines is 1. The molecule has 1 aliphatic rings. The van der Waals surface area contributed by atoms with Crippen LogP contribution in [0.5, 0.6) is 0 Å². The Labute approximate surface area is 176 Å². The van der Waals surface area contributed by atoms with E-state index in [-0.39, 0.29) is 5.91 Å². The van der Waals surface area contributed by atoms with Crippen LogP contribution in [0.3, 0.4) is 0 Å². The number of carbonyl (C=O) groups excluding carboxylic acids is 1. The number of rotatable bonds is 4. The molecule has 0 radical (unpaired) electrons. The van der Waals surface area contributed by atoms with Crippen LogP contribution in [0, 0.1) is 0 Å². The van der Waals surface area contributed by atoms with Gasteiger partial charge in [-0.15, -0.1) is 0 Å². The summed E-state index contributed by atoms with van der Waals surface area (Å²) in [6.45, 7) is 2.80. The number of piperazine rings is 1. The summed E-state index contributed by atoms with van der Waals surface area (Å²) in [4.78, 5) is 24.5. The van der Waals surface area contributed by atoms with Crippen molar-refractivity contribution < 1.29 is 4.79 Å². The van der Waals surface area contributed by atoms with Crippen LogP contribution in [0.4, 0.5) is 5.69 Å². The average Bonchev–Trinajstić information content (AvgIpc) is 3.18. The average molecular weight is 463 g/mol. The van der Waals surface area contributed by atoms with Crippen molar-refractivity contribution in [2.45, 2.75) is 12.5 Å². The molecule has 4 rings (SSSR count). The normalized spacial score (nSPS) is 15.8. The van der Waals surface area contributed by atoms with Crippen molar-refractivity contribution in [2.75, 3.05) is 31.1 Å². The smallest absolute Gasteiger partial charge is 0.239 e. The van der Waals surface area contributed by atoms with Gasteiger partial charge in [0, 0.05) is 49.0 Å². The van der Waals surface area contributed by atoms with E-state index in [9.17, 15) is 4.79 Å². The zero-order valence-corrected chi connectivity index (χ0v) is 17.6. The van der Waals surface area contributed by atoms with Crippen molar-refractivity contribution in [2.24, 2.45) is 5.73 Å². The Kier molecular flexibility index (Phi) is 5.57. The van der Waals surface area contributed by atoms with Crippen LogP contribution in [0.1, 0.15) is 5.56 Å². The minimum Gasteiger partial charge on any atom is -0.366 e. The van der Waals surface area contributed by atoms with Crippen LogP contribution in [-0.2, 0) is 11.2 Å². The van der Waals surface area contributed by atoms with Gasteiger partial charge < -0.3 is 20.5 Å². The van der Waals surface area contributed by atoms with E-state index in [1.54, 1.807) is 0 Å². The first-order valence-electron chi connectivity index (χ1n) is 9.18. The van der Waals surface area contributed by atoms with Gasteiger partial charge in [0.1, 0.15) is 5.65 Å². The third-order valence-electron chi connectivity index (χ3n) is 5.11. The lowest BCUT2D eigenvalue weighted by Gasteiger charge is -2.37. The number of carbonyl (C=O) groups is 1. The summed E-state index contributed by atoms with van der Waals surface area (Å²) in [5.74, 6) is -0.00446. The minimum absolute atomic E-state index is 0.00446. The molecule has 1 aliphatic heterocycles. The number of pyridine rings is 1. The van der Waals surface area contributed by atoms with Crippen LogP contribution >= 0.6 is 27.5 Å². The topological polar surface area (TPSA) is 78.2 Å². The van der Waals surface area contributed by atoms with Crippen molar-refractivity contribution in [3.8, 4) is 0 Å². The van der Waals surface area contributed by atoms with E-state index >= 15 is 0 Å². The zero-order valence-electron chi connectivity index (χ0n) is 15.2. The third kappa shape index (κ3) is 3.87. The fourth-order valence-corrected chi connectivity index (χ4v) is 4.33. The number of hydrogen-bond donors (Lipinski definition) is 2. The molecule has 8 heteroatoms. The fourth-order valence-electron chi connectivity index (χ4n) is 3.64. The van der Waals surface area contributed by atoms with Gasteiger partial charge in [-0.1, -0.05) is 23.7 Å². The molecule has 1 amide bonds. The Hall–Kier alpha value is -2.09. The monoisotopic (exact) mass is 461 g/mol. The molecule has 1 atom stereocenters. The molecule has 1 aromatic carbocycles. The Morgan fingerprint density at radius 3 is 2.64 bits per heavy atom. The lowest BCUT2D eigenvalue weighted by Crippen LogP contribution is -2.53. The number of fused-ring (bicyclic) bond motifs is 1. The Morgan fingerprint density at radius 1 is 1.21 bits per heavy atom. The molecule has 6 nitrogen and oxygen atoms in total. The van der Waals surface area contributed by atoms with Crippen LogP contribution in [-0.4, -0.2) is 53.0 Å². The molecule has 1 unspecified atom stereocenters. The molecule has 146 valence electrons. The number of halogens is 2. The highest BCUT2D eigenvalue weighted by atomic mass is 79.9. The van der Waals surface area contributed by atoms with E-state index in [0.29, 0.717) is 24.5 Å². The lowest BCUT2D eigenvalue weighted by atomic mass is 10.1. The number of benzene rings is 1. The fraction of sp³-hybridized carbons (Fsp3) is 0.300. The van der Waals surface area contributed by atoms with Gasteiger partial charge in [-0.05, 0) is 46.1 Å². The van der Waals surface area contributed by atoms with Gasteiger partial charge in [-0.2, -0.15) is 0 Å². The number of nitrogens with zero attached hydrogens (tertiary/aromatic N) is 3. The number of anilines is 1. The van der Waals surface area contributed by atoms with Crippen molar-refractivity contribution in [3.05, 3.63) is 57.8 Å². The zero-order chi connectivity index (χ0) is 19.7. The molecule has 0 saturated carbocycles. The predicted octanol–water partition coefficient (Wildman–Crippen LogP) is 3.20. The summed E-state index contributed by atoms with van der Waals surface area (Å²) in [7, 11) is 0. The van der Waals surface area contributed by atoms with Crippen LogP contribution in [0.2, 0.25) is 5.02 Å². The summed E-state index contributed by atoms with van der Waals surface area (Å²) in [6.07, 6.45) is 4.22. The summed E-state index contributed by atoms with van der Waals surface area (Å²) in [5.41, 5.74) is 9.18. The molecule has 3 heterocycles. The van der Waals surface area contributed by atoms with Crippen molar-refractivity contribution in [3.63, 3.8) is 0 Å². The first kappa shape index (κ1) is 19.2. The van der Waals surface area contributed by atoms with Gasteiger partial charge in [0.15, 0.2) is 0 Å². The molecule has 0 bridgehead atoms. The first-order chi connectivity index (χ1) is 13.5. The van der Waals surface area contributed by atoms with E-state index in [0.717, 1.165) is 39.8 Å². The summed E-state index contributed by atoms with van der Waals surface area (Å²) < 4.78 is 0.957. The third-order valence-corrected chi connectivity index (χ3v) is 5.94. The van der Waals surface area contributed by atoms with Gasteiger partial charge in [0.25, 0.3) is 0 Å². The number of nitrogens with two attached hydrogens (primary N) is 1. The van der Waals surface area contributed by atoms with E-state index < -0.39 is 6.04 Å².